The van der Waals surface area contributed by atoms with Crippen LogP contribution in [0.1, 0.15) is 0 Å². The highest BCUT2D eigenvalue weighted by Gasteiger charge is 2.21. The summed E-state index contributed by atoms with van der Waals surface area (Å²) in [7, 11) is 1.66. The molecule has 0 atom stereocenters. The molecule has 0 saturated carbocycles. The second-order valence-corrected chi connectivity index (χ2v) is 5.60. The number of hydrogen-bond donors (Lipinski definition) is 0. The molecule has 0 radical (unpaired) electrons. The summed E-state index contributed by atoms with van der Waals surface area (Å²) in [5, 5.41) is 0. The Kier molecular flexibility index (Phi) is 5.48. The monoisotopic (exact) mass is 302 g/mol. The SMILES string of the molecule is COc1cc(SC)ccc1N1CCN(CC(F)F)CC1. The van der Waals surface area contributed by atoms with Gasteiger partial charge in [0.05, 0.1) is 19.3 Å². The number of methoxy groups -OCH3 is 1. The van der Waals surface area contributed by atoms with Crippen molar-refractivity contribution in [2.24, 2.45) is 0 Å². The van der Waals surface area contributed by atoms with E-state index in [9.17, 15) is 8.78 Å². The Labute approximate surface area is 122 Å². The largest absolute Gasteiger partial charge is 0.495 e. The predicted octanol–water partition coefficient (Wildman–Crippen LogP) is 2.80. The maximum absolute atomic E-state index is 12.4. The third kappa shape index (κ3) is 3.76. The molecule has 0 bridgehead atoms. The Balaban J connectivity index is 2.03. The molecule has 3 nitrogen and oxygen atoms in total. The lowest BCUT2D eigenvalue weighted by Crippen LogP contribution is -2.47. The van der Waals surface area contributed by atoms with Gasteiger partial charge in [-0.3, -0.25) is 4.90 Å². The van der Waals surface area contributed by atoms with E-state index in [-0.39, 0.29) is 6.54 Å². The van der Waals surface area contributed by atoms with E-state index in [0.717, 1.165) is 29.4 Å². The minimum atomic E-state index is -2.25. The van der Waals surface area contributed by atoms with Gasteiger partial charge in [-0.1, -0.05) is 0 Å². The highest BCUT2D eigenvalue weighted by molar-refractivity contribution is 7.98. The molecule has 0 spiro atoms. The normalized spacial score (nSPS) is 16.8. The maximum Gasteiger partial charge on any atom is 0.251 e. The minimum Gasteiger partial charge on any atom is -0.495 e. The van der Waals surface area contributed by atoms with Crippen molar-refractivity contribution in [2.45, 2.75) is 11.3 Å². The fourth-order valence-electron chi connectivity index (χ4n) is 2.41. The molecular weight excluding hydrogens is 282 g/mol. The van der Waals surface area contributed by atoms with E-state index in [2.05, 4.69) is 11.0 Å². The Morgan fingerprint density at radius 2 is 1.95 bits per heavy atom. The van der Waals surface area contributed by atoms with E-state index in [4.69, 9.17) is 4.74 Å². The van der Waals surface area contributed by atoms with Gasteiger partial charge in [-0.2, -0.15) is 0 Å². The molecule has 1 heterocycles. The molecule has 0 aliphatic carbocycles. The first-order valence-corrected chi connectivity index (χ1v) is 7.84. The van der Waals surface area contributed by atoms with Crippen LogP contribution in [0.25, 0.3) is 0 Å². The average molecular weight is 302 g/mol. The van der Waals surface area contributed by atoms with Crippen LogP contribution < -0.4 is 9.64 Å². The maximum atomic E-state index is 12.4. The molecule has 6 heteroatoms. The fraction of sp³-hybridized carbons (Fsp3) is 0.571. The number of anilines is 1. The summed E-state index contributed by atoms with van der Waals surface area (Å²) in [6.07, 6.45) is -0.227. The third-order valence-corrected chi connectivity index (χ3v) is 4.22. The van der Waals surface area contributed by atoms with Crippen molar-refractivity contribution in [1.29, 1.82) is 0 Å². The van der Waals surface area contributed by atoms with E-state index < -0.39 is 6.43 Å². The number of nitrogens with zero attached hydrogens (tertiary/aromatic N) is 2. The van der Waals surface area contributed by atoms with Crippen LogP contribution in [0.3, 0.4) is 0 Å². The number of rotatable bonds is 5. The van der Waals surface area contributed by atoms with E-state index in [1.165, 1.54) is 0 Å². The molecule has 1 aromatic carbocycles. The van der Waals surface area contributed by atoms with Gasteiger partial charge in [0.15, 0.2) is 0 Å². The lowest BCUT2D eigenvalue weighted by molar-refractivity contribution is 0.0854. The quantitative estimate of drug-likeness (QED) is 0.777. The molecule has 2 rings (SSSR count). The van der Waals surface area contributed by atoms with E-state index in [0.29, 0.717) is 13.1 Å². The summed E-state index contributed by atoms with van der Waals surface area (Å²) < 4.78 is 30.2. The lowest BCUT2D eigenvalue weighted by Gasteiger charge is -2.36. The van der Waals surface area contributed by atoms with Gasteiger partial charge in [-0.15, -0.1) is 11.8 Å². The predicted molar refractivity (Wildman–Crippen MR) is 79.4 cm³/mol. The number of alkyl halides is 2. The Hall–Kier alpha value is -1.01. The van der Waals surface area contributed by atoms with Gasteiger partial charge in [0, 0.05) is 31.1 Å². The number of ether oxygens (including phenoxy) is 1. The first kappa shape index (κ1) is 15.4. The zero-order valence-corrected chi connectivity index (χ0v) is 12.6. The zero-order valence-electron chi connectivity index (χ0n) is 11.8. The number of halogens is 2. The van der Waals surface area contributed by atoms with Crippen LogP contribution in [0.15, 0.2) is 23.1 Å². The van der Waals surface area contributed by atoms with Crippen LogP contribution in [0, 0.1) is 0 Å². The highest BCUT2D eigenvalue weighted by Crippen LogP contribution is 2.32. The molecule has 1 aromatic rings. The van der Waals surface area contributed by atoms with Crippen LogP contribution in [0.2, 0.25) is 0 Å². The summed E-state index contributed by atoms with van der Waals surface area (Å²) in [4.78, 5) is 5.16. The fourth-order valence-corrected chi connectivity index (χ4v) is 2.84. The van der Waals surface area contributed by atoms with Crippen molar-refractivity contribution in [3.63, 3.8) is 0 Å². The van der Waals surface area contributed by atoms with Gasteiger partial charge in [-0.25, -0.2) is 8.78 Å². The van der Waals surface area contributed by atoms with Crippen molar-refractivity contribution in [3.8, 4) is 5.75 Å². The number of piperazine rings is 1. The molecule has 0 amide bonds. The molecule has 1 aliphatic heterocycles. The first-order chi connectivity index (χ1) is 9.63. The van der Waals surface area contributed by atoms with Crippen molar-refractivity contribution in [3.05, 3.63) is 18.2 Å². The van der Waals surface area contributed by atoms with Gasteiger partial charge in [0.25, 0.3) is 6.43 Å². The van der Waals surface area contributed by atoms with Crippen molar-refractivity contribution in [2.75, 3.05) is 51.0 Å². The molecule has 0 N–H and O–H groups in total. The van der Waals surface area contributed by atoms with Crippen LogP contribution >= 0.6 is 11.8 Å². The summed E-state index contributed by atoms with van der Waals surface area (Å²) >= 11 is 1.67. The molecule has 20 heavy (non-hydrogen) atoms. The van der Waals surface area contributed by atoms with Crippen LogP contribution in [-0.2, 0) is 0 Å². The summed E-state index contributed by atoms with van der Waals surface area (Å²) in [6, 6.07) is 6.13. The van der Waals surface area contributed by atoms with Crippen LogP contribution in [0.4, 0.5) is 14.5 Å². The van der Waals surface area contributed by atoms with E-state index in [1.54, 1.807) is 18.9 Å². The van der Waals surface area contributed by atoms with Gasteiger partial charge < -0.3 is 9.64 Å². The van der Waals surface area contributed by atoms with Gasteiger partial charge in [0.1, 0.15) is 5.75 Å². The topological polar surface area (TPSA) is 15.7 Å². The highest BCUT2D eigenvalue weighted by atomic mass is 32.2. The zero-order chi connectivity index (χ0) is 14.5. The summed E-state index contributed by atoms with van der Waals surface area (Å²) in [6.45, 7) is 2.70. The smallest absolute Gasteiger partial charge is 0.251 e. The molecule has 1 aliphatic rings. The van der Waals surface area contributed by atoms with Crippen molar-refractivity contribution < 1.29 is 13.5 Å². The Morgan fingerprint density at radius 3 is 2.50 bits per heavy atom. The summed E-state index contributed by atoms with van der Waals surface area (Å²) in [5.41, 5.74) is 1.04. The van der Waals surface area contributed by atoms with Crippen molar-refractivity contribution >= 4 is 17.4 Å². The number of benzene rings is 1. The molecule has 1 saturated heterocycles. The summed E-state index contributed by atoms with van der Waals surface area (Å²) in [5.74, 6) is 0.846. The van der Waals surface area contributed by atoms with Crippen LogP contribution in [-0.4, -0.2) is 57.4 Å². The van der Waals surface area contributed by atoms with E-state index >= 15 is 0 Å². The third-order valence-electron chi connectivity index (χ3n) is 3.50. The first-order valence-electron chi connectivity index (χ1n) is 6.61. The Bertz CT molecular complexity index is 437. The Morgan fingerprint density at radius 1 is 1.25 bits per heavy atom. The second kappa shape index (κ2) is 7.13. The van der Waals surface area contributed by atoms with Gasteiger partial charge in [-0.05, 0) is 24.5 Å². The van der Waals surface area contributed by atoms with Crippen molar-refractivity contribution in [1.82, 2.24) is 4.90 Å². The number of thioether (sulfide) groups is 1. The average Bonchev–Trinajstić information content (AvgIpc) is 2.47. The molecule has 1 fully saturated rings. The molecular formula is C14H20F2N2OS. The second-order valence-electron chi connectivity index (χ2n) is 4.72. The van der Waals surface area contributed by atoms with Crippen LogP contribution in [0.5, 0.6) is 5.75 Å². The molecule has 0 aromatic heterocycles. The standard InChI is InChI=1S/C14H20F2N2OS/c1-19-13-9-11(20-2)3-4-12(13)18-7-5-17(6-8-18)10-14(15)16/h3-4,9,14H,5-8,10H2,1-2H3. The van der Waals surface area contributed by atoms with E-state index in [1.807, 2.05) is 23.3 Å². The van der Waals surface area contributed by atoms with Gasteiger partial charge >= 0.3 is 0 Å². The number of hydrogen-bond acceptors (Lipinski definition) is 4. The lowest BCUT2D eigenvalue weighted by atomic mass is 10.2. The van der Waals surface area contributed by atoms with Gasteiger partial charge in [0.2, 0.25) is 0 Å². The molecule has 112 valence electrons. The minimum absolute atomic E-state index is 0.129. The molecule has 0 unspecified atom stereocenters.